The number of halogens is 1. The summed E-state index contributed by atoms with van der Waals surface area (Å²) < 4.78 is 6.59. The summed E-state index contributed by atoms with van der Waals surface area (Å²) in [5.74, 6) is 2.03. The molecule has 0 amide bonds. The Morgan fingerprint density at radius 1 is 1.50 bits per heavy atom. The van der Waals surface area contributed by atoms with Crippen LogP contribution in [0, 0.1) is 0 Å². The minimum absolute atomic E-state index is 0.275. The maximum absolute atomic E-state index is 6.05. The Bertz CT molecular complexity index is 467. The second-order valence-corrected chi connectivity index (χ2v) is 8.38. The molecule has 0 bridgehead atoms. The standard InChI is InChI=1S/C15H23BrN2OS/c1-15(2)10-18(6-7-20-15)13(9-17)11-4-5-14(19-3)12(16)8-11/h4-5,8,13H,6-7,9-10,17H2,1-3H3. The van der Waals surface area contributed by atoms with Crippen molar-refractivity contribution in [1.82, 2.24) is 4.90 Å². The molecule has 20 heavy (non-hydrogen) atoms. The van der Waals surface area contributed by atoms with Crippen LogP contribution in [-0.4, -0.2) is 42.1 Å². The van der Waals surface area contributed by atoms with E-state index in [0.29, 0.717) is 11.3 Å². The van der Waals surface area contributed by atoms with Gasteiger partial charge >= 0.3 is 0 Å². The van der Waals surface area contributed by atoms with Crippen LogP contribution in [0.2, 0.25) is 0 Å². The zero-order valence-corrected chi connectivity index (χ0v) is 14.8. The second kappa shape index (κ2) is 6.69. The monoisotopic (exact) mass is 358 g/mol. The van der Waals surface area contributed by atoms with Crippen LogP contribution in [0.25, 0.3) is 0 Å². The third-order valence-electron chi connectivity index (χ3n) is 3.68. The quantitative estimate of drug-likeness (QED) is 0.896. The van der Waals surface area contributed by atoms with Crippen molar-refractivity contribution in [2.24, 2.45) is 5.73 Å². The lowest BCUT2D eigenvalue weighted by Gasteiger charge is -2.41. The van der Waals surface area contributed by atoms with E-state index in [4.69, 9.17) is 10.5 Å². The predicted molar refractivity (Wildman–Crippen MR) is 90.6 cm³/mol. The molecule has 2 rings (SSSR count). The van der Waals surface area contributed by atoms with Crippen molar-refractivity contribution in [2.75, 3.05) is 32.5 Å². The van der Waals surface area contributed by atoms with E-state index >= 15 is 0 Å². The fraction of sp³-hybridized carbons (Fsp3) is 0.600. The van der Waals surface area contributed by atoms with Crippen LogP contribution in [0.5, 0.6) is 5.75 Å². The highest BCUT2D eigenvalue weighted by Gasteiger charge is 2.31. The Morgan fingerprint density at radius 3 is 2.80 bits per heavy atom. The van der Waals surface area contributed by atoms with E-state index in [9.17, 15) is 0 Å². The number of nitrogens with two attached hydrogens (primary N) is 1. The summed E-state index contributed by atoms with van der Waals surface area (Å²) in [5.41, 5.74) is 7.30. The normalized spacial score (nSPS) is 20.6. The molecule has 112 valence electrons. The highest BCUT2D eigenvalue weighted by Crippen LogP contribution is 2.35. The molecule has 3 nitrogen and oxygen atoms in total. The van der Waals surface area contributed by atoms with E-state index in [1.165, 1.54) is 11.3 Å². The largest absolute Gasteiger partial charge is 0.496 e. The van der Waals surface area contributed by atoms with Gasteiger partial charge in [-0.2, -0.15) is 11.8 Å². The molecule has 1 aromatic carbocycles. The lowest BCUT2D eigenvalue weighted by Crippen LogP contribution is -2.46. The van der Waals surface area contributed by atoms with Crippen LogP contribution in [0.3, 0.4) is 0 Å². The summed E-state index contributed by atoms with van der Waals surface area (Å²) in [5, 5.41) is 0. The number of hydrogen-bond donors (Lipinski definition) is 1. The molecule has 0 saturated carbocycles. The molecule has 1 heterocycles. The fourth-order valence-electron chi connectivity index (χ4n) is 2.70. The fourth-order valence-corrected chi connectivity index (χ4v) is 4.40. The molecule has 1 aromatic rings. The molecule has 1 saturated heterocycles. The summed E-state index contributed by atoms with van der Waals surface area (Å²) in [6.07, 6.45) is 0. The number of methoxy groups -OCH3 is 1. The highest BCUT2D eigenvalue weighted by molar-refractivity contribution is 9.10. The molecule has 5 heteroatoms. The SMILES string of the molecule is COc1ccc(C(CN)N2CCSC(C)(C)C2)cc1Br. The molecular weight excluding hydrogens is 336 g/mol. The van der Waals surface area contributed by atoms with Gasteiger partial charge in [0.05, 0.1) is 11.6 Å². The third-order valence-corrected chi connectivity index (χ3v) is 5.60. The minimum Gasteiger partial charge on any atom is -0.496 e. The van der Waals surface area contributed by atoms with Crippen molar-refractivity contribution in [2.45, 2.75) is 24.6 Å². The van der Waals surface area contributed by atoms with Crippen LogP contribution in [0.4, 0.5) is 0 Å². The summed E-state index contributed by atoms with van der Waals surface area (Å²) >= 11 is 5.61. The molecule has 1 fully saturated rings. The van der Waals surface area contributed by atoms with E-state index in [-0.39, 0.29) is 6.04 Å². The van der Waals surface area contributed by atoms with Gasteiger partial charge in [0, 0.05) is 36.2 Å². The molecule has 1 aliphatic rings. The van der Waals surface area contributed by atoms with E-state index in [1.54, 1.807) is 7.11 Å². The van der Waals surface area contributed by atoms with Gasteiger partial charge in [0.1, 0.15) is 5.75 Å². The Labute approximate surface area is 134 Å². The van der Waals surface area contributed by atoms with Crippen molar-refractivity contribution in [3.05, 3.63) is 28.2 Å². The smallest absolute Gasteiger partial charge is 0.133 e. The second-order valence-electron chi connectivity index (χ2n) is 5.72. The topological polar surface area (TPSA) is 38.5 Å². The summed E-state index contributed by atoms with van der Waals surface area (Å²) in [7, 11) is 1.69. The summed E-state index contributed by atoms with van der Waals surface area (Å²) in [4.78, 5) is 2.50. The van der Waals surface area contributed by atoms with Gasteiger partial charge in [0.15, 0.2) is 0 Å². The Hall–Kier alpha value is -0.230. The van der Waals surface area contributed by atoms with E-state index in [2.05, 4.69) is 46.8 Å². The van der Waals surface area contributed by atoms with Crippen molar-refractivity contribution < 1.29 is 4.74 Å². The minimum atomic E-state index is 0.275. The van der Waals surface area contributed by atoms with Crippen LogP contribution < -0.4 is 10.5 Å². The summed E-state index contributed by atoms with van der Waals surface area (Å²) in [6, 6.07) is 6.53. The Morgan fingerprint density at radius 2 is 2.25 bits per heavy atom. The lowest BCUT2D eigenvalue weighted by atomic mass is 10.0. The Balaban J connectivity index is 2.21. The van der Waals surface area contributed by atoms with Gasteiger partial charge in [-0.15, -0.1) is 0 Å². The molecular formula is C15H23BrN2OS. The zero-order valence-electron chi connectivity index (χ0n) is 12.4. The first-order chi connectivity index (χ1) is 9.46. The molecule has 0 aliphatic carbocycles. The van der Waals surface area contributed by atoms with Crippen LogP contribution in [-0.2, 0) is 0 Å². The molecule has 2 N–H and O–H groups in total. The van der Waals surface area contributed by atoms with Gasteiger partial charge < -0.3 is 10.5 Å². The number of ether oxygens (including phenoxy) is 1. The number of benzene rings is 1. The van der Waals surface area contributed by atoms with Gasteiger partial charge in [0.25, 0.3) is 0 Å². The van der Waals surface area contributed by atoms with Gasteiger partial charge in [-0.1, -0.05) is 6.07 Å². The number of rotatable bonds is 4. The molecule has 0 radical (unpaired) electrons. The molecule has 1 aliphatic heterocycles. The van der Waals surface area contributed by atoms with E-state index in [1.807, 2.05) is 17.8 Å². The Kier molecular flexibility index (Phi) is 5.40. The van der Waals surface area contributed by atoms with Crippen molar-refractivity contribution in [1.29, 1.82) is 0 Å². The number of thioether (sulfide) groups is 1. The van der Waals surface area contributed by atoms with Crippen LogP contribution in [0.15, 0.2) is 22.7 Å². The average molecular weight is 359 g/mol. The van der Waals surface area contributed by atoms with Crippen LogP contribution in [0.1, 0.15) is 25.5 Å². The van der Waals surface area contributed by atoms with Gasteiger partial charge in [-0.25, -0.2) is 0 Å². The molecule has 0 aromatic heterocycles. The van der Waals surface area contributed by atoms with Gasteiger partial charge in [0.2, 0.25) is 0 Å². The van der Waals surface area contributed by atoms with Crippen molar-refractivity contribution in [3.8, 4) is 5.75 Å². The first kappa shape index (κ1) is 16.1. The predicted octanol–water partition coefficient (Wildman–Crippen LogP) is 3.28. The maximum atomic E-state index is 6.05. The number of hydrogen-bond acceptors (Lipinski definition) is 4. The van der Waals surface area contributed by atoms with Crippen LogP contribution >= 0.6 is 27.7 Å². The van der Waals surface area contributed by atoms with Crippen molar-refractivity contribution in [3.63, 3.8) is 0 Å². The molecule has 1 unspecified atom stereocenters. The average Bonchev–Trinajstić information content (AvgIpc) is 2.39. The zero-order chi connectivity index (χ0) is 14.8. The highest BCUT2D eigenvalue weighted by atomic mass is 79.9. The number of nitrogens with zero attached hydrogens (tertiary/aromatic N) is 1. The van der Waals surface area contributed by atoms with Gasteiger partial charge in [-0.05, 0) is 47.5 Å². The summed E-state index contributed by atoms with van der Waals surface area (Å²) in [6.45, 7) is 7.42. The maximum Gasteiger partial charge on any atom is 0.133 e. The van der Waals surface area contributed by atoms with Crippen molar-refractivity contribution >= 4 is 27.7 Å². The van der Waals surface area contributed by atoms with Gasteiger partial charge in [-0.3, -0.25) is 4.90 Å². The third kappa shape index (κ3) is 3.70. The molecule has 1 atom stereocenters. The van der Waals surface area contributed by atoms with E-state index in [0.717, 1.165) is 23.3 Å². The first-order valence-electron chi connectivity index (χ1n) is 6.88. The van der Waals surface area contributed by atoms with E-state index < -0.39 is 0 Å². The lowest BCUT2D eigenvalue weighted by molar-refractivity contribution is 0.192. The molecule has 0 spiro atoms. The first-order valence-corrected chi connectivity index (χ1v) is 8.66.